The Morgan fingerprint density at radius 2 is 1.68 bits per heavy atom. The van der Waals surface area contributed by atoms with Crippen molar-refractivity contribution in [1.82, 2.24) is 4.90 Å². The Morgan fingerprint density at radius 3 is 2.39 bits per heavy atom. The van der Waals surface area contributed by atoms with E-state index in [1.165, 1.54) is 28.7 Å². The summed E-state index contributed by atoms with van der Waals surface area (Å²) in [6, 6.07) is 19.6. The van der Waals surface area contributed by atoms with Crippen molar-refractivity contribution in [2.24, 2.45) is 0 Å². The Balaban J connectivity index is 1.62. The first-order valence-corrected chi connectivity index (χ1v) is 10.3. The van der Waals surface area contributed by atoms with Gasteiger partial charge in [0.1, 0.15) is 5.60 Å². The molecule has 0 N–H and O–H groups in total. The van der Waals surface area contributed by atoms with Crippen LogP contribution < -0.4 is 0 Å². The van der Waals surface area contributed by atoms with Gasteiger partial charge in [0.25, 0.3) is 0 Å². The largest absolute Gasteiger partial charge is 0.444 e. The number of hydrogen-bond acceptors (Lipinski definition) is 2. The molecule has 146 valence electrons. The third-order valence-electron chi connectivity index (χ3n) is 5.58. The maximum Gasteiger partial charge on any atom is 0.411 e. The molecule has 2 aliphatic heterocycles. The molecule has 0 spiro atoms. The van der Waals surface area contributed by atoms with E-state index in [-0.39, 0.29) is 18.2 Å². The predicted molar refractivity (Wildman–Crippen MR) is 114 cm³/mol. The topological polar surface area (TPSA) is 29.5 Å². The van der Waals surface area contributed by atoms with Gasteiger partial charge < -0.3 is 4.74 Å². The van der Waals surface area contributed by atoms with Gasteiger partial charge in [-0.2, -0.15) is 0 Å². The zero-order chi connectivity index (χ0) is 19.7. The monoisotopic (exact) mass is 375 g/mol. The molecule has 1 amide bonds. The quantitative estimate of drug-likeness (QED) is 0.616. The lowest BCUT2D eigenvalue weighted by Crippen LogP contribution is -2.53. The summed E-state index contributed by atoms with van der Waals surface area (Å²) in [4.78, 5) is 14.8. The van der Waals surface area contributed by atoms with Crippen LogP contribution in [0.4, 0.5) is 4.79 Å². The van der Waals surface area contributed by atoms with Crippen LogP contribution in [0.2, 0.25) is 0 Å². The summed E-state index contributed by atoms with van der Waals surface area (Å²) in [6.07, 6.45) is 6.25. The highest BCUT2D eigenvalue weighted by Gasteiger charge is 2.39. The van der Waals surface area contributed by atoms with Crippen LogP contribution in [-0.4, -0.2) is 28.7 Å². The molecule has 1 saturated heterocycles. The van der Waals surface area contributed by atoms with Gasteiger partial charge in [-0.25, -0.2) is 4.79 Å². The minimum atomic E-state index is -0.459. The number of rotatable bonds is 2. The zero-order valence-electron chi connectivity index (χ0n) is 17.0. The maximum atomic E-state index is 12.8. The van der Waals surface area contributed by atoms with Crippen molar-refractivity contribution >= 4 is 11.7 Å². The van der Waals surface area contributed by atoms with Crippen molar-refractivity contribution in [2.75, 3.05) is 0 Å². The number of carbonyl (C=O) groups excluding carboxylic acids is 1. The number of fused-ring (bicyclic) bond motifs is 2. The fourth-order valence-electron chi connectivity index (χ4n) is 4.37. The molecule has 2 aromatic rings. The molecule has 2 aliphatic rings. The second-order valence-electron chi connectivity index (χ2n) is 8.88. The van der Waals surface area contributed by atoms with Crippen molar-refractivity contribution in [3.05, 3.63) is 66.2 Å². The molecule has 4 rings (SSSR count). The number of piperidine rings is 1. The lowest BCUT2D eigenvalue weighted by Gasteiger charge is -2.45. The average molecular weight is 376 g/mol. The minimum absolute atomic E-state index is 0.137. The van der Waals surface area contributed by atoms with Gasteiger partial charge in [-0.3, -0.25) is 4.90 Å². The summed E-state index contributed by atoms with van der Waals surface area (Å²) in [6.45, 7) is 5.79. The first-order chi connectivity index (χ1) is 13.4. The van der Waals surface area contributed by atoms with Crippen molar-refractivity contribution < 1.29 is 9.53 Å². The van der Waals surface area contributed by atoms with Crippen molar-refractivity contribution in [2.45, 2.75) is 64.1 Å². The number of nitrogens with zero attached hydrogens (tertiary/aromatic N) is 1. The lowest BCUT2D eigenvalue weighted by atomic mass is 9.82. The summed E-state index contributed by atoms with van der Waals surface area (Å²) in [5.74, 6) is 0. The molecule has 2 atom stereocenters. The lowest BCUT2D eigenvalue weighted by molar-refractivity contribution is 0.0000852. The number of benzene rings is 2. The van der Waals surface area contributed by atoms with Crippen molar-refractivity contribution in [3.63, 3.8) is 0 Å². The van der Waals surface area contributed by atoms with Gasteiger partial charge in [-0.15, -0.1) is 0 Å². The summed E-state index contributed by atoms with van der Waals surface area (Å²) in [5.41, 5.74) is 4.63. The van der Waals surface area contributed by atoms with Gasteiger partial charge in [0, 0.05) is 6.04 Å². The van der Waals surface area contributed by atoms with Gasteiger partial charge in [0.2, 0.25) is 0 Å². The Labute approximate surface area is 168 Å². The standard InChI is InChI=1S/C25H29NO2/c1-25(2,3)28-24(27)26-22-13-8-14-23(26)17-21(16-22)20-12-7-11-19(15-20)18-9-5-4-6-10-18/h4-7,9-12,15-16,22-23H,8,13-14,17H2,1-3H3. The fourth-order valence-corrected chi connectivity index (χ4v) is 4.37. The second-order valence-corrected chi connectivity index (χ2v) is 8.88. The van der Waals surface area contributed by atoms with E-state index < -0.39 is 5.60 Å². The number of ether oxygens (including phenoxy) is 1. The van der Waals surface area contributed by atoms with Crippen LogP contribution in [0.15, 0.2) is 60.7 Å². The van der Waals surface area contributed by atoms with Crippen LogP contribution >= 0.6 is 0 Å². The van der Waals surface area contributed by atoms with E-state index in [1.807, 2.05) is 31.7 Å². The minimum Gasteiger partial charge on any atom is -0.444 e. The van der Waals surface area contributed by atoms with E-state index in [1.54, 1.807) is 0 Å². The number of hydrogen-bond donors (Lipinski definition) is 0. The molecule has 1 fully saturated rings. The first kappa shape index (κ1) is 18.8. The van der Waals surface area contributed by atoms with Gasteiger partial charge in [-0.1, -0.05) is 54.6 Å². The van der Waals surface area contributed by atoms with Gasteiger partial charge in [0.15, 0.2) is 0 Å². The Bertz CT molecular complexity index is 879. The molecular weight excluding hydrogens is 346 g/mol. The van der Waals surface area contributed by atoms with Crippen LogP contribution in [0.5, 0.6) is 0 Å². The molecular formula is C25H29NO2. The van der Waals surface area contributed by atoms with E-state index in [4.69, 9.17) is 4.74 Å². The van der Waals surface area contributed by atoms with E-state index in [0.29, 0.717) is 0 Å². The summed E-state index contributed by atoms with van der Waals surface area (Å²) < 4.78 is 5.69. The smallest absolute Gasteiger partial charge is 0.411 e. The van der Waals surface area contributed by atoms with E-state index in [2.05, 4.69) is 54.6 Å². The Kier molecular flexibility index (Phi) is 5.01. The molecule has 0 saturated carbocycles. The summed E-state index contributed by atoms with van der Waals surface area (Å²) in [7, 11) is 0. The molecule has 0 radical (unpaired) electrons. The molecule has 3 nitrogen and oxygen atoms in total. The molecule has 2 heterocycles. The molecule has 2 bridgehead atoms. The highest BCUT2D eigenvalue weighted by molar-refractivity contribution is 5.77. The third-order valence-corrected chi connectivity index (χ3v) is 5.58. The number of carbonyl (C=O) groups is 1. The first-order valence-electron chi connectivity index (χ1n) is 10.3. The van der Waals surface area contributed by atoms with E-state index >= 15 is 0 Å². The fraction of sp³-hybridized carbons (Fsp3) is 0.400. The molecule has 0 aliphatic carbocycles. The van der Waals surface area contributed by atoms with E-state index in [9.17, 15) is 4.79 Å². The van der Waals surface area contributed by atoms with Gasteiger partial charge in [-0.05, 0) is 74.8 Å². The second kappa shape index (κ2) is 7.46. The van der Waals surface area contributed by atoms with Crippen LogP contribution in [0.3, 0.4) is 0 Å². The molecule has 28 heavy (non-hydrogen) atoms. The van der Waals surface area contributed by atoms with E-state index in [0.717, 1.165) is 19.3 Å². The molecule has 2 aromatic carbocycles. The predicted octanol–water partition coefficient (Wildman–Crippen LogP) is 6.30. The average Bonchev–Trinajstić information content (AvgIpc) is 2.66. The van der Waals surface area contributed by atoms with Gasteiger partial charge in [0.05, 0.1) is 6.04 Å². The van der Waals surface area contributed by atoms with Crippen LogP contribution in [0, 0.1) is 0 Å². The zero-order valence-corrected chi connectivity index (χ0v) is 17.0. The summed E-state index contributed by atoms with van der Waals surface area (Å²) in [5, 5.41) is 0. The van der Waals surface area contributed by atoms with Crippen LogP contribution in [0.1, 0.15) is 52.0 Å². The van der Waals surface area contributed by atoms with Gasteiger partial charge >= 0.3 is 6.09 Å². The third kappa shape index (κ3) is 3.99. The Hall–Kier alpha value is -2.55. The SMILES string of the molecule is CC(C)(C)OC(=O)N1C2C=C(c3cccc(-c4ccccc4)c3)CC1CCC2. The highest BCUT2D eigenvalue weighted by Crippen LogP contribution is 2.38. The normalized spacial score (nSPS) is 21.8. The van der Waals surface area contributed by atoms with Crippen molar-refractivity contribution in [3.8, 4) is 11.1 Å². The molecule has 2 unspecified atom stereocenters. The molecule has 3 heteroatoms. The van der Waals surface area contributed by atoms with Crippen LogP contribution in [-0.2, 0) is 4.74 Å². The maximum absolute atomic E-state index is 12.8. The summed E-state index contributed by atoms with van der Waals surface area (Å²) >= 11 is 0. The Morgan fingerprint density at radius 1 is 0.964 bits per heavy atom. The van der Waals surface area contributed by atoms with Crippen LogP contribution in [0.25, 0.3) is 16.7 Å². The van der Waals surface area contributed by atoms with Crippen molar-refractivity contribution in [1.29, 1.82) is 0 Å². The highest BCUT2D eigenvalue weighted by atomic mass is 16.6. The number of amides is 1. The molecule has 0 aromatic heterocycles.